The van der Waals surface area contributed by atoms with Gasteiger partial charge in [-0.15, -0.1) is 0 Å². The second-order valence-electron chi connectivity index (χ2n) is 3.99. The van der Waals surface area contributed by atoms with E-state index in [0.717, 1.165) is 5.56 Å². The Morgan fingerprint density at radius 3 is 2.39 bits per heavy atom. The number of nitrogens with zero attached hydrogens (tertiary/aromatic N) is 1. The van der Waals surface area contributed by atoms with Crippen LogP contribution in [0.25, 0.3) is 0 Å². The summed E-state index contributed by atoms with van der Waals surface area (Å²) in [5.41, 5.74) is 0.974. The molecule has 0 saturated heterocycles. The fourth-order valence-corrected chi connectivity index (χ4v) is 2.25. The molecular weight excluding hydrogens is 266 g/mol. The van der Waals surface area contributed by atoms with E-state index in [2.05, 4.69) is 0 Å². The molecule has 1 aromatic rings. The number of thiocarbonyl (C=S) groups is 2. The van der Waals surface area contributed by atoms with Crippen molar-refractivity contribution in [2.24, 2.45) is 0 Å². The zero-order valence-corrected chi connectivity index (χ0v) is 11.9. The summed E-state index contributed by atoms with van der Waals surface area (Å²) >= 11 is 10.4. The molecule has 0 spiro atoms. The molecule has 96 valence electrons. The predicted octanol–water partition coefficient (Wildman–Crippen LogP) is 2.50. The van der Waals surface area contributed by atoms with E-state index in [-0.39, 0.29) is 5.92 Å². The molecule has 0 aromatic heterocycles. The van der Waals surface area contributed by atoms with E-state index in [4.69, 9.17) is 29.5 Å². The topological polar surface area (TPSA) is 40.5 Å². The maximum absolute atomic E-state index is 11.0. The van der Waals surface area contributed by atoms with Crippen LogP contribution in [-0.2, 0) is 4.79 Å². The summed E-state index contributed by atoms with van der Waals surface area (Å²) in [7, 11) is 1.68. The van der Waals surface area contributed by atoms with Gasteiger partial charge in [0.1, 0.15) is 6.04 Å². The monoisotopic (exact) mass is 281 g/mol. The van der Waals surface area contributed by atoms with Gasteiger partial charge in [0, 0.05) is 7.05 Å². The Hall–Kier alpha value is -1.33. The molecule has 2 atom stereocenters. The molecule has 3 nitrogen and oxygen atoms in total. The summed E-state index contributed by atoms with van der Waals surface area (Å²) in [6, 6.07) is 8.92. The third kappa shape index (κ3) is 3.34. The average molecular weight is 281 g/mol. The number of carbonyl (C=O) groups is 1. The van der Waals surface area contributed by atoms with Gasteiger partial charge in [-0.3, -0.25) is 0 Å². The molecule has 1 unspecified atom stereocenters. The zero-order valence-electron chi connectivity index (χ0n) is 10.2. The molecule has 1 N–H and O–H groups in total. The van der Waals surface area contributed by atoms with Gasteiger partial charge >= 0.3 is 5.97 Å². The number of aliphatic carboxylic acids is 1. The van der Waals surface area contributed by atoms with Crippen molar-refractivity contribution in [1.82, 2.24) is 4.90 Å². The number of benzene rings is 1. The van der Waals surface area contributed by atoms with Gasteiger partial charge in [-0.1, -0.05) is 54.8 Å². The van der Waals surface area contributed by atoms with Crippen LogP contribution in [0.5, 0.6) is 0 Å². The molecule has 0 aliphatic rings. The first-order chi connectivity index (χ1) is 8.49. The lowest BCUT2D eigenvalue weighted by Crippen LogP contribution is -2.41. The highest BCUT2D eigenvalue weighted by atomic mass is 32.1. The van der Waals surface area contributed by atoms with Gasteiger partial charge in [-0.25, -0.2) is 4.79 Å². The second kappa shape index (κ2) is 6.56. The summed E-state index contributed by atoms with van der Waals surface area (Å²) in [5, 5.41) is 10.6. The maximum Gasteiger partial charge on any atom is 0.326 e. The molecule has 0 heterocycles. The number of carboxylic acid groups (broad SMARTS) is 1. The highest BCUT2D eigenvalue weighted by Crippen LogP contribution is 2.19. The summed E-state index contributed by atoms with van der Waals surface area (Å²) < 4.78 is 0. The molecule has 5 heteroatoms. The van der Waals surface area contributed by atoms with Crippen molar-refractivity contribution >= 4 is 40.8 Å². The highest BCUT2D eigenvalue weighted by molar-refractivity contribution is 7.81. The smallest absolute Gasteiger partial charge is 0.326 e. The summed E-state index contributed by atoms with van der Waals surface area (Å²) in [6.45, 7) is 1.60. The van der Waals surface area contributed by atoms with E-state index in [1.165, 1.54) is 0 Å². The van der Waals surface area contributed by atoms with Crippen LogP contribution in [0.1, 0.15) is 18.4 Å². The molecule has 0 saturated carbocycles. The molecule has 0 bridgehead atoms. The third-order valence-electron chi connectivity index (χ3n) is 2.85. The predicted molar refractivity (Wildman–Crippen MR) is 80.3 cm³/mol. The lowest BCUT2D eigenvalue weighted by molar-refractivity contribution is -0.140. The van der Waals surface area contributed by atoms with Gasteiger partial charge < -0.3 is 10.0 Å². The lowest BCUT2D eigenvalue weighted by atomic mass is 10.00. The third-order valence-corrected chi connectivity index (χ3v) is 3.66. The van der Waals surface area contributed by atoms with E-state index in [1.54, 1.807) is 24.2 Å². The molecule has 0 amide bonds. The SMILES string of the molecule is C[C@@H](C(=O)O)N(C)C(=S)C(C=S)c1ccccc1. The number of rotatable bonds is 5. The van der Waals surface area contributed by atoms with Crippen LogP contribution in [-0.4, -0.2) is 39.4 Å². The molecule has 18 heavy (non-hydrogen) atoms. The maximum atomic E-state index is 11.0. The Morgan fingerprint density at radius 2 is 1.94 bits per heavy atom. The van der Waals surface area contributed by atoms with E-state index in [1.807, 2.05) is 30.3 Å². The van der Waals surface area contributed by atoms with Gasteiger partial charge in [-0.05, 0) is 17.9 Å². The molecule has 0 aliphatic heterocycles. The van der Waals surface area contributed by atoms with Crippen molar-refractivity contribution in [2.45, 2.75) is 18.9 Å². The Bertz CT molecular complexity index is 448. The molecule has 1 aromatic carbocycles. The summed E-state index contributed by atoms with van der Waals surface area (Å²) in [6.07, 6.45) is 0. The standard InChI is InChI=1S/C13H15NO2S2/c1-9(13(15)16)14(2)12(18)11(8-17)10-6-4-3-5-7-10/h3-9,11H,1-2H3,(H,15,16)/t9-,11?/m0/s1. The fraction of sp³-hybridized carbons (Fsp3) is 0.308. The highest BCUT2D eigenvalue weighted by Gasteiger charge is 2.24. The van der Waals surface area contributed by atoms with Gasteiger partial charge in [0.15, 0.2) is 0 Å². The minimum absolute atomic E-state index is 0.219. The van der Waals surface area contributed by atoms with Crippen molar-refractivity contribution in [2.75, 3.05) is 7.05 Å². The molecular formula is C13H15NO2S2. The molecule has 0 fully saturated rings. The quantitative estimate of drug-likeness (QED) is 0.840. The summed E-state index contributed by atoms with van der Waals surface area (Å²) in [5.74, 6) is -1.13. The van der Waals surface area contributed by atoms with Crippen LogP contribution >= 0.6 is 24.4 Å². The Balaban J connectivity index is 2.93. The first kappa shape index (κ1) is 14.7. The van der Waals surface area contributed by atoms with Crippen LogP contribution in [0.4, 0.5) is 0 Å². The van der Waals surface area contributed by atoms with Crippen molar-refractivity contribution < 1.29 is 9.90 Å². The van der Waals surface area contributed by atoms with Gasteiger partial charge in [0.05, 0.1) is 10.9 Å². The van der Waals surface area contributed by atoms with E-state index in [9.17, 15) is 4.79 Å². The fourth-order valence-electron chi connectivity index (χ4n) is 1.52. The van der Waals surface area contributed by atoms with E-state index in [0.29, 0.717) is 4.99 Å². The van der Waals surface area contributed by atoms with Crippen LogP contribution in [0.2, 0.25) is 0 Å². The first-order valence-electron chi connectivity index (χ1n) is 5.48. The van der Waals surface area contributed by atoms with Crippen molar-refractivity contribution in [3.05, 3.63) is 35.9 Å². The van der Waals surface area contributed by atoms with Gasteiger partial charge in [-0.2, -0.15) is 0 Å². The van der Waals surface area contributed by atoms with Crippen LogP contribution in [0, 0.1) is 0 Å². The number of carboxylic acids is 1. The van der Waals surface area contributed by atoms with E-state index >= 15 is 0 Å². The van der Waals surface area contributed by atoms with Crippen LogP contribution in [0.3, 0.4) is 0 Å². The minimum Gasteiger partial charge on any atom is -0.480 e. The molecule has 0 aliphatic carbocycles. The first-order valence-corrected chi connectivity index (χ1v) is 6.36. The van der Waals surface area contributed by atoms with Crippen molar-refractivity contribution in [1.29, 1.82) is 0 Å². The van der Waals surface area contributed by atoms with Crippen molar-refractivity contribution in [3.63, 3.8) is 0 Å². The van der Waals surface area contributed by atoms with Gasteiger partial charge in [0.2, 0.25) is 0 Å². The number of hydrogen-bond acceptors (Lipinski definition) is 3. The summed E-state index contributed by atoms with van der Waals surface area (Å²) in [4.78, 5) is 13.0. The lowest BCUT2D eigenvalue weighted by Gasteiger charge is -2.28. The normalized spacial score (nSPS) is 13.4. The zero-order chi connectivity index (χ0) is 13.7. The number of likely N-dealkylation sites (N-methyl/N-ethyl adjacent to an activating group) is 1. The second-order valence-corrected chi connectivity index (χ2v) is 4.68. The van der Waals surface area contributed by atoms with Crippen LogP contribution in [0.15, 0.2) is 30.3 Å². The van der Waals surface area contributed by atoms with Crippen LogP contribution < -0.4 is 0 Å². The largest absolute Gasteiger partial charge is 0.480 e. The minimum atomic E-state index is -0.906. The molecule has 0 radical (unpaired) electrons. The van der Waals surface area contributed by atoms with E-state index < -0.39 is 12.0 Å². The number of hydrogen-bond donors (Lipinski definition) is 1. The van der Waals surface area contributed by atoms with Crippen molar-refractivity contribution in [3.8, 4) is 0 Å². The Morgan fingerprint density at radius 1 is 1.39 bits per heavy atom. The molecule has 1 rings (SSSR count). The average Bonchev–Trinajstić information content (AvgIpc) is 2.38. The Kier molecular flexibility index (Phi) is 5.37. The Labute approximate surface area is 117 Å². The van der Waals surface area contributed by atoms with Gasteiger partial charge in [0.25, 0.3) is 0 Å².